The van der Waals surface area contributed by atoms with Crippen molar-refractivity contribution in [2.24, 2.45) is 0 Å². The highest BCUT2D eigenvalue weighted by Gasteiger charge is 2.37. The van der Waals surface area contributed by atoms with Gasteiger partial charge in [0.2, 0.25) is 11.9 Å². The molecule has 0 radical (unpaired) electrons. The lowest BCUT2D eigenvalue weighted by Crippen LogP contribution is -2.56. The van der Waals surface area contributed by atoms with Gasteiger partial charge in [0.25, 0.3) is 0 Å². The molecule has 0 saturated carbocycles. The first-order chi connectivity index (χ1) is 16.4. The van der Waals surface area contributed by atoms with E-state index >= 15 is 0 Å². The summed E-state index contributed by atoms with van der Waals surface area (Å²) < 4.78 is 0. The summed E-state index contributed by atoms with van der Waals surface area (Å²) in [7, 11) is 3.89. The van der Waals surface area contributed by atoms with Crippen LogP contribution in [0, 0.1) is 6.92 Å². The first-order valence-corrected chi connectivity index (χ1v) is 12.2. The summed E-state index contributed by atoms with van der Waals surface area (Å²) in [6.07, 6.45) is 3.61. The van der Waals surface area contributed by atoms with Crippen molar-refractivity contribution in [2.45, 2.75) is 64.6 Å². The van der Waals surface area contributed by atoms with E-state index in [9.17, 15) is 4.79 Å². The van der Waals surface area contributed by atoms with Crippen molar-refractivity contribution in [2.75, 3.05) is 31.3 Å². The molecule has 34 heavy (non-hydrogen) atoms. The third-order valence-corrected chi connectivity index (χ3v) is 6.47. The van der Waals surface area contributed by atoms with Gasteiger partial charge in [-0.1, -0.05) is 26.0 Å². The van der Waals surface area contributed by atoms with Crippen LogP contribution < -0.4 is 10.6 Å². The van der Waals surface area contributed by atoms with E-state index in [0.717, 1.165) is 53.9 Å². The number of carbonyl (C=O) groups excluding carboxylic acids is 1. The van der Waals surface area contributed by atoms with Crippen molar-refractivity contribution in [3.8, 4) is 0 Å². The monoisotopic (exact) mass is 464 g/mol. The van der Waals surface area contributed by atoms with Crippen LogP contribution in [0.25, 0.3) is 10.9 Å². The Kier molecular flexibility index (Phi) is 7.31. The second kappa shape index (κ2) is 10.4. The second-order valence-corrected chi connectivity index (χ2v) is 9.45. The molecule has 0 aliphatic carbocycles. The lowest BCUT2D eigenvalue weighted by Gasteiger charge is -2.45. The molecule has 1 fully saturated rings. The number of benzene rings is 1. The number of aromatic nitrogens is 4. The summed E-state index contributed by atoms with van der Waals surface area (Å²) in [6.45, 7) is 6.74. The molecule has 1 aliphatic rings. The zero-order chi connectivity index (χ0) is 24.2. The summed E-state index contributed by atoms with van der Waals surface area (Å²) in [4.78, 5) is 26.7. The number of likely N-dealkylation sites (tertiary alicyclic amines) is 1. The molecule has 1 saturated heterocycles. The van der Waals surface area contributed by atoms with Crippen LogP contribution >= 0.6 is 0 Å². The van der Waals surface area contributed by atoms with Crippen LogP contribution in [0.2, 0.25) is 0 Å². The number of fused-ring (bicyclic) bond motifs is 1. The van der Waals surface area contributed by atoms with E-state index in [1.165, 1.54) is 0 Å². The number of para-hydroxylation sites is 1. The highest BCUT2D eigenvalue weighted by Crippen LogP contribution is 2.30. The molecule has 3 heterocycles. The number of anilines is 3. The molecule has 1 aromatic carbocycles. The molecule has 1 amide bonds. The number of nitrogens with one attached hydrogen (secondary N) is 3. The maximum Gasteiger partial charge on any atom is 0.237 e. The molecular formula is C25H36N8O. The van der Waals surface area contributed by atoms with Gasteiger partial charge in [0.15, 0.2) is 5.82 Å². The Bertz CT molecular complexity index is 1110. The maximum atomic E-state index is 13.0. The minimum atomic E-state index is 0.194. The van der Waals surface area contributed by atoms with E-state index in [2.05, 4.69) is 39.6 Å². The van der Waals surface area contributed by atoms with Crippen molar-refractivity contribution in [3.05, 3.63) is 36.0 Å². The average Bonchev–Trinajstić information content (AvgIpc) is 3.22. The number of amides is 1. The Morgan fingerprint density at radius 1 is 1.15 bits per heavy atom. The summed E-state index contributed by atoms with van der Waals surface area (Å²) in [5, 5.41) is 15.1. The number of hydrogen-bond acceptors (Lipinski definition) is 7. The number of piperidine rings is 1. The quantitative estimate of drug-likeness (QED) is 0.464. The smallest absolute Gasteiger partial charge is 0.237 e. The molecule has 3 N–H and O–H groups in total. The third kappa shape index (κ3) is 5.30. The SMILES string of the molecule is CCC1CC(Nc2nc(Nc3cc(C)[nH]n3)c3ccccc3n2)CC(CC)N1C(=O)CN(C)C. The van der Waals surface area contributed by atoms with E-state index < -0.39 is 0 Å². The normalized spacial score (nSPS) is 20.6. The fourth-order valence-corrected chi connectivity index (χ4v) is 4.90. The summed E-state index contributed by atoms with van der Waals surface area (Å²) in [5.41, 5.74) is 1.85. The zero-order valence-electron chi connectivity index (χ0n) is 20.8. The van der Waals surface area contributed by atoms with Gasteiger partial charge in [-0.25, -0.2) is 4.98 Å². The largest absolute Gasteiger partial charge is 0.351 e. The summed E-state index contributed by atoms with van der Waals surface area (Å²) in [6, 6.07) is 10.5. The third-order valence-electron chi connectivity index (χ3n) is 6.47. The van der Waals surface area contributed by atoms with Crippen LogP contribution in [0.4, 0.5) is 17.6 Å². The first-order valence-electron chi connectivity index (χ1n) is 12.2. The molecule has 0 bridgehead atoms. The van der Waals surface area contributed by atoms with Gasteiger partial charge in [-0.15, -0.1) is 0 Å². The van der Waals surface area contributed by atoms with E-state index in [1.807, 2.05) is 56.3 Å². The van der Waals surface area contributed by atoms with Crippen molar-refractivity contribution in [3.63, 3.8) is 0 Å². The van der Waals surface area contributed by atoms with Gasteiger partial charge in [0.1, 0.15) is 5.82 Å². The number of nitrogens with zero attached hydrogens (tertiary/aromatic N) is 5. The lowest BCUT2D eigenvalue weighted by atomic mass is 9.88. The number of rotatable bonds is 8. The van der Waals surface area contributed by atoms with E-state index in [1.54, 1.807) is 0 Å². The van der Waals surface area contributed by atoms with Gasteiger partial charge < -0.3 is 20.4 Å². The number of H-pyrrole nitrogens is 1. The van der Waals surface area contributed by atoms with E-state index in [0.29, 0.717) is 12.5 Å². The summed E-state index contributed by atoms with van der Waals surface area (Å²) >= 11 is 0. The molecule has 3 aromatic rings. The van der Waals surface area contributed by atoms with Crippen molar-refractivity contribution >= 4 is 34.4 Å². The first kappa shape index (κ1) is 23.9. The minimum absolute atomic E-state index is 0.194. The second-order valence-electron chi connectivity index (χ2n) is 9.45. The predicted octanol–water partition coefficient (Wildman–Crippen LogP) is 3.93. The Morgan fingerprint density at radius 3 is 2.47 bits per heavy atom. The molecule has 4 rings (SSSR count). The number of carbonyl (C=O) groups is 1. The molecular weight excluding hydrogens is 428 g/mol. The van der Waals surface area contributed by atoms with Crippen molar-refractivity contribution in [1.29, 1.82) is 0 Å². The highest BCUT2D eigenvalue weighted by molar-refractivity contribution is 5.91. The Labute approximate surface area is 201 Å². The Balaban J connectivity index is 1.57. The van der Waals surface area contributed by atoms with Crippen LogP contribution in [0.1, 0.15) is 45.2 Å². The number of hydrogen-bond donors (Lipinski definition) is 3. The fraction of sp³-hybridized carbons (Fsp3) is 0.520. The molecule has 182 valence electrons. The van der Waals surface area contributed by atoms with Crippen LogP contribution in [-0.4, -0.2) is 74.6 Å². The van der Waals surface area contributed by atoms with Crippen LogP contribution in [-0.2, 0) is 4.79 Å². The van der Waals surface area contributed by atoms with Gasteiger partial charge in [-0.05, 0) is 58.8 Å². The van der Waals surface area contributed by atoms with Crippen molar-refractivity contribution in [1.82, 2.24) is 30.0 Å². The fourth-order valence-electron chi connectivity index (χ4n) is 4.90. The van der Waals surface area contributed by atoms with Crippen LogP contribution in [0.15, 0.2) is 30.3 Å². The van der Waals surface area contributed by atoms with Crippen LogP contribution in [0.3, 0.4) is 0 Å². The average molecular weight is 465 g/mol. The topological polar surface area (TPSA) is 102 Å². The van der Waals surface area contributed by atoms with Gasteiger partial charge in [-0.2, -0.15) is 10.1 Å². The molecule has 2 atom stereocenters. The van der Waals surface area contributed by atoms with Gasteiger partial charge in [0, 0.05) is 35.3 Å². The molecule has 1 aliphatic heterocycles. The van der Waals surface area contributed by atoms with Gasteiger partial charge >= 0.3 is 0 Å². The molecule has 2 aromatic heterocycles. The highest BCUT2D eigenvalue weighted by atomic mass is 16.2. The summed E-state index contributed by atoms with van der Waals surface area (Å²) in [5.74, 6) is 2.25. The number of aromatic amines is 1. The Hall–Kier alpha value is -3.20. The molecule has 9 nitrogen and oxygen atoms in total. The van der Waals surface area contributed by atoms with Gasteiger partial charge in [-0.3, -0.25) is 9.89 Å². The number of likely N-dealkylation sites (N-methyl/N-ethyl adjacent to an activating group) is 1. The van der Waals surface area contributed by atoms with E-state index in [4.69, 9.17) is 9.97 Å². The molecule has 2 unspecified atom stereocenters. The Morgan fingerprint density at radius 2 is 1.85 bits per heavy atom. The molecule has 0 spiro atoms. The van der Waals surface area contributed by atoms with Crippen molar-refractivity contribution < 1.29 is 4.79 Å². The standard InChI is InChI=1S/C25H36N8O/c1-6-18-13-17(14-19(7-2)33(18)23(34)15-32(4)5)26-25-27-21-11-9-8-10-20(21)24(29-25)28-22-12-16(3)30-31-22/h8-12,17-19H,6-7,13-15H2,1-5H3,(H3,26,27,28,29,30,31). The predicted molar refractivity (Wildman–Crippen MR) is 136 cm³/mol. The zero-order valence-corrected chi connectivity index (χ0v) is 20.8. The minimum Gasteiger partial charge on any atom is -0.351 e. The lowest BCUT2D eigenvalue weighted by molar-refractivity contribution is -0.139. The van der Waals surface area contributed by atoms with Gasteiger partial charge in [0.05, 0.1) is 12.1 Å². The maximum absolute atomic E-state index is 13.0. The van der Waals surface area contributed by atoms with Crippen LogP contribution in [0.5, 0.6) is 0 Å². The van der Waals surface area contributed by atoms with E-state index in [-0.39, 0.29) is 24.0 Å². The molecule has 9 heteroatoms. The number of aryl methyl sites for hydroxylation is 1.